The summed E-state index contributed by atoms with van der Waals surface area (Å²) in [6, 6.07) is 12.7. The van der Waals surface area contributed by atoms with Crippen LogP contribution in [-0.2, 0) is 9.59 Å². The van der Waals surface area contributed by atoms with Crippen LogP contribution in [0, 0.1) is 6.92 Å². The summed E-state index contributed by atoms with van der Waals surface area (Å²) in [5.74, 6) is 0.141. The molecular formula is C23H25ClN2O3. The monoisotopic (exact) mass is 412 g/mol. The van der Waals surface area contributed by atoms with E-state index in [0.717, 1.165) is 23.4 Å². The molecule has 0 bridgehead atoms. The van der Waals surface area contributed by atoms with E-state index < -0.39 is 0 Å². The van der Waals surface area contributed by atoms with E-state index in [4.69, 9.17) is 16.3 Å². The molecule has 152 valence electrons. The highest BCUT2D eigenvalue weighted by Crippen LogP contribution is 2.32. The van der Waals surface area contributed by atoms with Gasteiger partial charge in [0.1, 0.15) is 11.4 Å². The number of rotatable bonds is 8. The largest absolute Gasteiger partial charge is 0.494 e. The molecule has 2 aromatic carbocycles. The molecule has 0 unspecified atom stereocenters. The zero-order valence-corrected chi connectivity index (χ0v) is 17.7. The van der Waals surface area contributed by atoms with Crippen molar-refractivity contribution in [3.05, 3.63) is 64.3 Å². The van der Waals surface area contributed by atoms with Crippen molar-refractivity contribution in [2.45, 2.75) is 33.6 Å². The van der Waals surface area contributed by atoms with Gasteiger partial charge in [0.05, 0.1) is 12.2 Å². The first kappa shape index (κ1) is 20.9. The van der Waals surface area contributed by atoms with Crippen LogP contribution < -0.4 is 10.1 Å². The Morgan fingerprint density at radius 3 is 2.34 bits per heavy atom. The average Bonchev–Trinajstić information content (AvgIpc) is 2.93. The van der Waals surface area contributed by atoms with Crippen LogP contribution in [0.3, 0.4) is 0 Å². The summed E-state index contributed by atoms with van der Waals surface area (Å²) in [5.41, 5.74) is 2.97. The van der Waals surface area contributed by atoms with Crippen LogP contribution in [-0.4, -0.2) is 29.9 Å². The van der Waals surface area contributed by atoms with E-state index in [1.807, 2.05) is 57.2 Å². The van der Waals surface area contributed by atoms with Crippen LogP contribution in [0.25, 0.3) is 5.57 Å². The molecule has 5 nitrogen and oxygen atoms in total. The molecule has 1 aliphatic rings. The lowest BCUT2D eigenvalue weighted by atomic mass is 10.0. The van der Waals surface area contributed by atoms with Crippen LogP contribution >= 0.6 is 11.6 Å². The number of carbonyl (C=O) groups is 2. The van der Waals surface area contributed by atoms with Crippen molar-refractivity contribution in [2.75, 3.05) is 18.5 Å². The maximum atomic E-state index is 13.1. The molecule has 1 N–H and O–H groups in total. The van der Waals surface area contributed by atoms with Crippen molar-refractivity contribution in [3.8, 4) is 5.75 Å². The highest BCUT2D eigenvalue weighted by molar-refractivity contribution is 6.36. The number of aryl methyl sites for hydroxylation is 1. The van der Waals surface area contributed by atoms with Gasteiger partial charge in [-0.2, -0.15) is 0 Å². The van der Waals surface area contributed by atoms with Gasteiger partial charge in [0.2, 0.25) is 0 Å². The summed E-state index contributed by atoms with van der Waals surface area (Å²) in [4.78, 5) is 27.4. The Bertz CT molecular complexity index is 951. The molecule has 0 radical (unpaired) electrons. The first-order chi connectivity index (χ1) is 14.0. The molecule has 0 atom stereocenters. The van der Waals surface area contributed by atoms with Crippen molar-refractivity contribution >= 4 is 34.7 Å². The van der Waals surface area contributed by atoms with Gasteiger partial charge in [-0.05, 0) is 61.2 Å². The number of carbonyl (C=O) groups excluding carboxylic acids is 2. The maximum absolute atomic E-state index is 13.1. The molecule has 0 saturated carbocycles. The quantitative estimate of drug-likeness (QED) is 0.617. The number of benzene rings is 2. The second-order valence-electron chi connectivity index (χ2n) is 6.97. The van der Waals surface area contributed by atoms with E-state index in [1.54, 1.807) is 6.07 Å². The standard InChI is InChI=1S/C23H25ClN2O3/c1-4-12-26-22(27)20(16-6-9-18(10-7-16)29-13-5-2)21(23(26)28)25-19-11-8-17(24)14-15(19)3/h6-11,14,25H,4-5,12-13H2,1-3H3. The molecular weight excluding hydrogens is 388 g/mol. The second kappa shape index (κ2) is 9.14. The minimum atomic E-state index is -0.312. The lowest BCUT2D eigenvalue weighted by Crippen LogP contribution is -2.33. The lowest BCUT2D eigenvalue weighted by Gasteiger charge is -2.14. The Morgan fingerprint density at radius 2 is 1.72 bits per heavy atom. The number of nitrogens with one attached hydrogen (secondary N) is 1. The predicted molar refractivity (Wildman–Crippen MR) is 116 cm³/mol. The molecule has 0 fully saturated rings. The summed E-state index contributed by atoms with van der Waals surface area (Å²) in [7, 11) is 0. The SMILES string of the molecule is CCCOc1ccc(C2=C(Nc3ccc(Cl)cc3C)C(=O)N(CCC)C2=O)cc1. The number of anilines is 1. The highest BCUT2D eigenvalue weighted by Gasteiger charge is 2.38. The van der Waals surface area contributed by atoms with Crippen molar-refractivity contribution in [2.24, 2.45) is 0 Å². The van der Waals surface area contributed by atoms with Crippen molar-refractivity contribution < 1.29 is 14.3 Å². The first-order valence-corrected chi connectivity index (χ1v) is 10.2. The van der Waals surface area contributed by atoms with E-state index in [9.17, 15) is 9.59 Å². The summed E-state index contributed by atoms with van der Waals surface area (Å²) in [6.07, 6.45) is 1.61. The Hall–Kier alpha value is -2.79. The third kappa shape index (κ3) is 4.46. The Balaban J connectivity index is 2.01. The average molecular weight is 413 g/mol. The molecule has 0 spiro atoms. The van der Waals surface area contributed by atoms with E-state index in [-0.39, 0.29) is 17.5 Å². The predicted octanol–water partition coefficient (Wildman–Crippen LogP) is 5.04. The smallest absolute Gasteiger partial charge is 0.278 e. The van der Waals surface area contributed by atoms with Gasteiger partial charge in [-0.3, -0.25) is 14.5 Å². The Kier molecular flexibility index (Phi) is 6.60. The number of nitrogens with zero attached hydrogens (tertiary/aromatic N) is 1. The minimum absolute atomic E-state index is 0.284. The molecule has 3 rings (SSSR count). The number of hydrogen-bond acceptors (Lipinski definition) is 4. The van der Waals surface area contributed by atoms with Gasteiger partial charge in [-0.15, -0.1) is 0 Å². The van der Waals surface area contributed by atoms with Crippen molar-refractivity contribution in [1.82, 2.24) is 4.90 Å². The summed E-state index contributed by atoms with van der Waals surface area (Å²) in [6.45, 7) is 6.89. The zero-order valence-electron chi connectivity index (χ0n) is 16.9. The summed E-state index contributed by atoms with van der Waals surface area (Å²) < 4.78 is 5.62. The van der Waals surface area contributed by atoms with Crippen LogP contribution in [0.2, 0.25) is 5.02 Å². The molecule has 0 saturated heterocycles. The third-order valence-corrected chi connectivity index (χ3v) is 4.91. The van der Waals surface area contributed by atoms with Crippen molar-refractivity contribution in [1.29, 1.82) is 0 Å². The van der Waals surface area contributed by atoms with Gasteiger partial charge < -0.3 is 10.1 Å². The van der Waals surface area contributed by atoms with Gasteiger partial charge >= 0.3 is 0 Å². The zero-order chi connectivity index (χ0) is 21.0. The number of ether oxygens (including phenoxy) is 1. The fourth-order valence-electron chi connectivity index (χ4n) is 3.23. The maximum Gasteiger partial charge on any atom is 0.278 e. The molecule has 29 heavy (non-hydrogen) atoms. The minimum Gasteiger partial charge on any atom is -0.494 e. The van der Waals surface area contributed by atoms with Gasteiger partial charge in [0.15, 0.2) is 0 Å². The van der Waals surface area contributed by atoms with Crippen LogP contribution in [0.1, 0.15) is 37.8 Å². The Labute approximate surface area is 176 Å². The molecule has 0 aliphatic carbocycles. The van der Waals surface area contributed by atoms with Gasteiger partial charge in [-0.1, -0.05) is 37.6 Å². The van der Waals surface area contributed by atoms with Gasteiger partial charge in [0.25, 0.3) is 11.8 Å². The van der Waals surface area contributed by atoms with Crippen molar-refractivity contribution in [3.63, 3.8) is 0 Å². The number of imide groups is 1. The number of hydrogen-bond donors (Lipinski definition) is 1. The molecule has 1 aliphatic heterocycles. The third-order valence-electron chi connectivity index (χ3n) is 4.68. The normalized spacial score (nSPS) is 14.0. The summed E-state index contributed by atoms with van der Waals surface area (Å²) in [5, 5.41) is 3.80. The highest BCUT2D eigenvalue weighted by atomic mass is 35.5. The molecule has 2 amide bonds. The van der Waals surface area contributed by atoms with E-state index in [0.29, 0.717) is 35.7 Å². The van der Waals surface area contributed by atoms with Gasteiger partial charge in [0, 0.05) is 17.3 Å². The fraction of sp³-hybridized carbons (Fsp3) is 0.304. The Morgan fingerprint density at radius 1 is 1.00 bits per heavy atom. The molecule has 1 heterocycles. The van der Waals surface area contributed by atoms with Crippen LogP contribution in [0.4, 0.5) is 5.69 Å². The van der Waals surface area contributed by atoms with E-state index in [2.05, 4.69) is 5.32 Å². The topological polar surface area (TPSA) is 58.6 Å². The molecule has 0 aromatic heterocycles. The van der Waals surface area contributed by atoms with Gasteiger partial charge in [-0.25, -0.2) is 0 Å². The number of halogens is 1. The first-order valence-electron chi connectivity index (χ1n) is 9.83. The molecule has 6 heteroatoms. The van der Waals surface area contributed by atoms with E-state index >= 15 is 0 Å². The van der Waals surface area contributed by atoms with Crippen LogP contribution in [0.5, 0.6) is 5.75 Å². The second-order valence-corrected chi connectivity index (χ2v) is 7.41. The van der Waals surface area contributed by atoms with E-state index in [1.165, 1.54) is 4.90 Å². The lowest BCUT2D eigenvalue weighted by molar-refractivity contribution is -0.136. The molecule has 2 aromatic rings. The van der Waals surface area contributed by atoms with Crippen LogP contribution in [0.15, 0.2) is 48.2 Å². The number of amides is 2. The summed E-state index contributed by atoms with van der Waals surface area (Å²) >= 11 is 6.04. The fourth-order valence-corrected chi connectivity index (χ4v) is 3.45.